The number of halogens is 3. The zero-order valence-electron chi connectivity index (χ0n) is 17.9. The zero-order chi connectivity index (χ0) is 24.2. The molecule has 1 heterocycles. The van der Waals surface area contributed by atoms with Gasteiger partial charge in [-0.2, -0.15) is 13.2 Å². The lowest BCUT2D eigenvalue weighted by Gasteiger charge is -2.25. The molecule has 0 fully saturated rings. The Hall–Kier alpha value is -3.82. The fourth-order valence-corrected chi connectivity index (χ4v) is 3.38. The average Bonchev–Trinajstić information content (AvgIpc) is 2.78. The van der Waals surface area contributed by atoms with Gasteiger partial charge in [0.15, 0.2) is 5.69 Å². The number of nitrogens with two attached hydrogens (primary N) is 1. The van der Waals surface area contributed by atoms with Gasteiger partial charge in [0.1, 0.15) is 5.82 Å². The summed E-state index contributed by atoms with van der Waals surface area (Å²) < 4.78 is 40.6. The maximum absolute atomic E-state index is 13.3. The lowest BCUT2D eigenvalue weighted by molar-refractivity contribution is -0.137. The number of carbonyl (C=O) groups excluding carboxylic acids is 1. The molecule has 0 spiro atoms. The quantitative estimate of drug-likeness (QED) is 0.562. The number of aromatic amines is 1. The molecule has 0 saturated heterocycles. The summed E-state index contributed by atoms with van der Waals surface area (Å²) in [4.78, 5) is 41.6. The fraction of sp³-hybridized carbons (Fsp3) is 0.261. The lowest BCUT2D eigenvalue weighted by Crippen LogP contribution is -2.41. The smallest absolute Gasteiger partial charge is 0.383 e. The number of nitrogen functional groups attached to an aromatic ring is 1. The largest absolute Gasteiger partial charge is 0.416 e. The van der Waals surface area contributed by atoms with Gasteiger partial charge < -0.3 is 10.6 Å². The maximum Gasteiger partial charge on any atom is 0.416 e. The Bertz CT molecular complexity index is 1250. The van der Waals surface area contributed by atoms with Crippen LogP contribution in [0.25, 0.3) is 0 Å². The SMILES string of the molecule is CCCCN(C(=O)c1cccc(C(F)(F)F)c1)c1c(N)n(Cc2ccccc2)c(=O)[nH]c1=O. The van der Waals surface area contributed by atoms with E-state index in [-0.39, 0.29) is 30.2 Å². The Morgan fingerprint density at radius 2 is 1.79 bits per heavy atom. The number of anilines is 2. The Balaban J connectivity index is 2.11. The Morgan fingerprint density at radius 1 is 1.09 bits per heavy atom. The van der Waals surface area contributed by atoms with Gasteiger partial charge in [-0.05, 0) is 30.2 Å². The number of amides is 1. The molecule has 10 heteroatoms. The summed E-state index contributed by atoms with van der Waals surface area (Å²) in [5.41, 5.74) is 3.76. The lowest BCUT2D eigenvalue weighted by atomic mass is 10.1. The number of unbranched alkanes of at least 4 members (excludes halogenated alkanes) is 1. The number of hydrogen-bond acceptors (Lipinski definition) is 4. The molecular weight excluding hydrogens is 437 g/mol. The van der Waals surface area contributed by atoms with Gasteiger partial charge in [0.05, 0.1) is 12.1 Å². The van der Waals surface area contributed by atoms with Crippen molar-refractivity contribution in [2.45, 2.75) is 32.5 Å². The van der Waals surface area contributed by atoms with Crippen LogP contribution >= 0.6 is 0 Å². The van der Waals surface area contributed by atoms with E-state index in [1.165, 1.54) is 6.07 Å². The molecule has 3 aromatic rings. The molecule has 3 N–H and O–H groups in total. The van der Waals surface area contributed by atoms with Crippen molar-refractivity contribution >= 4 is 17.4 Å². The molecule has 2 aromatic carbocycles. The van der Waals surface area contributed by atoms with Crippen LogP contribution in [0.2, 0.25) is 0 Å². The summed E-state index contributed by atoms with van der Waals surface area (Å²) in [7, 11) is 0. The molecule has 0 aliphatic heterocycles. The molecule has 0 aliphatic rings. The van der Waals surface area contributed by atoms with E-state index in [0.717, 1.165) is 33.2 Å². The third-order valence-corrected chi connectivity index (χ3v) is 5.08. The van der Waals surface area contributed by atoms with Crippen LogP contribution in [-0.2, 0) is 12.7 Å². The predicted molar refractivity (Wildman–Crippen MR) is 119 cm³/mol. The second kappa shape index (κ2) is 9.76. The van der Waals surface area contributed by atoms with E-state index in [1.807, 2.05) is 6.92 Å². The minimum absolute atomic E-state index is 0.0302. The molecule has 7 nitrogen and oxygen atoms in total. The van der Waals surface area contributed by atoms with Crippen LogP contribution in [0.4, 0.5) is 24.7 Å². The molecule has 0 saturated carbocycles. The van der Waals surface area contributed by atoms with Crippen LogP contribution in [0.15, 0.2) is 64.2 Å². The van der Waals surface area contributed by atoms with E-state index in [0.29, 0.717) is 12.8 Å². The number of hydrogen-bond donors (Lipinski definition) is 2. The Morgan fingerprint density at radius 3 is 2.42 bits per heavy atom. The van der Waals surface area contributed by atoms with Crippen LogP contribution < -0.4 is 21.9 Å². The van der Waals surface area contributed by atoms with E-state index in [9.17, 15) is 27.6 Å². The first-order valence-electron chi connectivity index (χ1n) is 10.3. The zero-order valence-corrected chi connectivity index (χ0v) is 17.9. The topological polar surface area (TPSA) is 101 Å². The number of aromatic nitrogens is 2. The minimum atomic E-state index is -4.63. The number of rotatable bonds is 7. The number of benzene rings is 2. The van der Waals surface area contributed by atoms with Crippen molar-refractivity contribution in [1.82, 2.24) is 9.55 Å². The summed E-state index contributed by atoms with van der Waals surface area (Å²) in [6.07, 6.45) is -3.53. The first-order chi connectivity index (χ1) is 15.6. The third-order valence-electron chi connectivity index (χ3n) is 5.08. The number of nitrogens with one attached hydrogen (secondary N) is 1. The van der Waals surface area contributed by atoms with Crippen molar-refractivity contribution in [2.75, 3.05) is 17.2 Å². The van der Waals surface area contributed by atoms with Crippen LogP contribution in [0, 0.1) is 0 Å². The van der Waals surface area contributed by atoms with Gasteiger partial charge in [0.25, 0.3) is 11.5 Å². The molecule has 0 unspecified atom stereocenters. The molecule has 3 rings (SSSR count). The highest BCUT2D eigenvalue weighted by molar-refractivity contribution is 6.07. The standard InChI is InChI=1S/C23H23F3N4O3/c1-2-3-12-29(21(32)16-10-7-11-17(13-16)23(24,25)26)18-19(27)30(22(33)28-20(18)31)14-15-8-5-4-6-9-15/h4-11,13H,2-3,12,14,27H2,1H3,(H,28,31,33). The van der Waals surface area contributed by atoms with Gasteiger partial charge in [0.2, 0.25) is 0 Å². The molecule has 0 aliphatic carbocycles. The van der Waals surface area contributed by atoms with Crippen molar-refractivity contribution in [3.8, 4) is 0 Å². The second-order valence-corrected chi connectivity index (χ2v) is 7.45. The van der Waals surface area contributed by atoms with Crippen molar-refractivity contribution in [1.29, 1.82) is 0 Å². The van der Waals surface area contributed by atoms with E-state index in [4.69, 9.17) is 5.73 Å². The predicted octanol–water partition coefficient (Wildman–Crippen LogP) is 3.63. The van der Waals surface area contributed by atoms with Crippen molar-refractivity contribution in [3.63, 3.8) is 0 Å². The maximum atomic E-state index is 13.3. The van der Waals surface area contributed by atoms with E-state index in [1.54, 1.807) is 30.3 Å². The molecular formula is C23H23F3N4O3. The highest BCUT2D eigenvalue weighted by Gasteiger charge is 2.32. The minimum Gasteiger partial charge on any atom is -0.383 e. The first kappa shape index (κ1) is 23.8. The van der Waals surface area contributed by atoms with Gasteiger partial charge in [0, 0.05) is 12.1 Å². The van der Waals surface area contributed by atoms with Gasteiger partial charge >= 0.3 is 11.9 Å². The first-order valence-corrected chi connectivity index (χ1v) is 10.3. The van der Waals surface area contributed by atoms with E-state index in [2.05, 4.69) is 4.98 Å². The summed E-state index contributed by atoms with van der Waals surface area (Å²) in [6, 6.07) is 12.8. The highest BCUT2D eigenvalue weighted by atomic mass is 19.4. The average molecular weight is 460 g/mol. The van der Waals surface area contributed by atoms with Gasteiger partial charge in [-0.3, -0.25) is 19.1 Å². The molecule has 0 atom stereocenters. The van der Waals surface area contributed by atoms with Crippen LogP contribution in [-0.4, -0.2) is 22.0 Å². The number of H-pyrrole nitrogens is 1. The summed E-state index contributed by atoms with van der Waals surface area (Å²) in [5.74, 6) is -1.07. The van der Waals surface area contributed by atoms with Crippen molar-refractivity contribution in [2.24, 2.45) is 0 Å². The van der Waals surface area contributed by atoms with Crippen LogP contribution in [0.1, 0.15) is 41.3 Å². The Kier molecular flexibility index (Phi) is 7.05. The normalized spacial score (nSPS) is 11.4. The van der Waals surface area contributed by atoms with Crippen molar-refractivity contribution in [3.05, 3.63) is 92.1 Å². The number of carbonyl (C=O) groups is 1. The summed E-state index contributed by atoms with van der Waals surface area (Å²) in [5, 5.41) is 0. The van der Waals surface area contributed by atoms with Crippen LogP contribution in [0.5, 0.6) is 0 Å². The van der Waals surface area contributed by atoms with E-state index < -0.39 is 28.9 Å². The number of alkyl halides is 3. The Labute approximate surface area is 187 Å². The molecule has 1 aromatic heterocycles. The van der Waals surface area contributed by atoms with Crippen LogP contribution in [0.3, 0.4) is 0 Å². The van der Waals surface area contributed by atoms with Gasteiger partial charge in [-0.15, -0.1) is 0 Å². The highest BCUT2D eigenvalue weighted by Crippen LogP contribution is 2.30. The molecule has 0 radical (unpaired) electrons. The second-order valence-electron chi connectivity index (χ2n) is 7.45. The molecule has 1 amide bonds. The fourth-order valence-electron chi connectivity index (χ4n) is 3.38. The summed E-state index contributed by atoms with van der Waals surface area (Å²) in [6.45, 7) is 1.92. The molecule has 0 bridgehead atoms. The van der Waals surface area contributed by atoms with E-state index >= 15 is 0 Å². The van der Waals surface area contributed by atoms with Crippen molar-refractivity contribution < 1.29 is 18.0 Å². The molecule has 174 valence electrons. The summed E-state index contributed by atoms with van der Waals surface area (Å²) >= 11 is 0. The van der Waals surface area contributed by atoms with Gasteiger partial charge in [-0.25, -0.2) is 4.79 Å². The number of nitrogens with zero attached hydrogens (tertiary/aromatic N) is 2. The molecule has 33 heavy (non-hydrogen) atoms. The monoisotopic (exact) mass is 460 g/mol. The van der Waals surface area contributed by atoms with Gasteiger partial charge in [-0.1, -0.05) is 49.7 Å². The third kappa shape index (κ3) is 5.33.